The molecule has 0 spiro atoms. The molecule has 1 heteroatoms. The van der Waals surface area contributed by atoms with Gasteiger partial charge in [-0.15, -0.1) is 0 Å². The van der Waals surface area contributed by atoms with Crippen LogP contribution in [0.4, 0.5) is 0 Å². The van der Waals surface area contributed by atoms with Crippen molar-refractivity contribution >= 4 is 28.1 Å². The van der Waals surface area contributed by atoms with Crippen LogP contribution in [0.2, 0.25) is 0 Å². The number of hydrogen-bond acceptors (Lipinski definition) is 0. The van der Waals surface area contributed by atoms with E-state index in [9.17, 15) is 0 Å². The molecule has 0 saturated carbocycles. The SMILES string of the molecule is Cc1cc(C)c([Te]c2c(C(C)C)cc(C(C)C)cc2C(C)C)c(C)c1. The maximum absolute atomic E-state index is 2.50. The maximum atomic E-state index is 2.50. The molecule has 0 bridgehead atoms. The van der Waals surface area contributed by atoms with Crippen LogP contribution in [0, 0.1) is 20.8 Å². The zero-order chi connectivity index (χ0) is 18.9. The first-order valence-electron chi connectivity index (χ1n) is 9.55. The van der Waals surface area contributed by atoms with Gasteiger partial charge in [0.2, 0.25) is 0 Å². The normalized spacial score (nSPS) is 11.8. The van der Waals surface area contributed by atoms with Gasteiger partial charge in [0.15, 0.2) is 0 Å². The van der Waals surface area contributed by atoms with E-state index in [-0.39, 0.29) is 0 Å². The topological polar surface area (TPSA) is 0 Å². The Morgan fingerprint density at radius 3 is 1.40 bits per heavy atom. The molecular formula is C24H34Te. The second kappa shape index (κ2) is 8.28. The van der Waals surface area contributed by atoms with Gasteiger partial charge in [0.1, 0.15) is 0 Å². The summed E-state index contributed by atoms with van der Waals surface area (Å²) < 4.78 is 3.33. The summed E-state index contributed by atoms with van der Waals surface area (Å²) in [6, 6.07) is 9.72. The van der Waals surface area contributed by atoms with Gasteiger partial charge in [-0.05, 0) is 0 Å². The first kappa shape index (κ1) is 20.5. The molecule has 2 rings (SSSR count). The van der Waals surface area contributed by atoms with Gasteiger partial charge in [-0.2, -0.15) is 0 Å². The summed E-state index contributed by atoms with van der Waals surface area (Å²) in [6.07, 6.45) is 0. The zero-order valence-electron chi connectivity index (χ0n) is 17.4. The number of aryl methyl sites for hydroxylation is 3. The Labute approximate surface area is 165 Å². The molecule has 0 radical (unpaired) electrons. The Balaban J connectivity index is 2.67. The Morgan fingerprint density at radius 1 is 0.600 bits per heavy atom. The minimum absolute atomic E-state index is 0.393. The number of benzene rings is 2. The summed E-state index contributed by atoms with van der Waals surface area (Å²) in [5.74, 6) is 1.76. The third-order valence-electron chi connectivity index (χ3n) is 4.89. The van der Waals surface area contributed by atoms with Crippen LogP contribution >= 0.6 is 0 Å². The van der Waals surface area contributed by atoms with Gasteiger partial charge in [0.25, 0.3) is 0 Å². The van der Waals surface area contributed by atoms with Crippen molar-refractivity contribution in [2.45, 2.75) is 80.1 Å². The van der Waals surface area contributed by atoms with E-state index in [4.69, 9.17) is 0 Å². The van der Waals surface area contributed by atoms with Crippen molar-refractivity contribution in [3.8, 4) is 0 Å². The summed E-state index contributed by atoms with van der Waals surface area (Å²) in [7, 11) is 0. The monoisotopic (exact) mass is 452 g/mol. The van der Waals surface area contributed by atoms with Crippen molar-refractivity contribution in [2.75, 3.05) is 0 Å². The summed E-state index contributed by atoms with van der Waals surface area (Å²) in [4.78, 5) is 0. The van der Waals surface area contributed by atoms with Crippen molar-refractivity contribution in [2.24, 2.45) is 0 Å². The van der Waals surface area contributed by atoms with Crippen LogP contribution in [0.3, 0.4) is 0 Å². The first-order chi connectivity index (χ1) is 11.6. The van der Waals surface area contributed by atoms with E-state index in [0.29, 0.717) is 17.8 Å². The zero-order valence-corrected chi connectivity index (χ0v) is 19.8. The van der Waals surface area contributed by atoms with E-state index in [2.05, 4.69) is 86.6 Å². The molecule has 0 heterocycles. The van der Waals surface area contributed by atoms with Crippen LogP contribution in [0.5, 0.6) is 0 Å². The van der Waals surface area contributed by atoms with Gasteiger partial charge >= 0.3 is 166 Å². The summed E-state index contributed by atoms with van der Waals surface area (Å²) in [6.45, 7) is 20.9. The molecule has 0 aliphatic carbocycles. The number of hydrogen-bond donors (Lipinski definition) is 0. The predicted molar refractivity (Wildman–Crippen MR) is 114 cm³/mol. The van der Waals surface area contributed by atoms with Crippen molar-refractivity contribution in [1.82, 2.24) is 0 Å². The number of rotatable bonds is 5. The molecule has 0 nitrogen and oxygen atoms in total. The van der Waals surface area contributed by atoms with Gasteiger partial charge in [0.05, 0.1) is 0 Å². The van der Waals surface area contributed by atoms with E-state index in [1.54, 1.807) is 18.3 Å². The first-order valence-corrected chi connectivity index (χ1v) is 11.9. The van der Waals surface area contributed by atoms with Gasteiger partial charge in [-0.1, -0.05) is 0 Å². The third-order valence-corrected chi connectivity index (χ3v) is 9.24. The van der Waals surface area contributed by atoms with Crippen molar-refractivity contribution < 1.29 is 0 Å². The molecule has 136 valence electrons. The van der Waals surface area contributed by atoms with E-state index in [0.717, 1.165) is 0 Å². The average molecular weight is 450 g/mol. The quantitative estimate of drug-likeness (QED) is 0.518. The predicted octanol–water partition coefficient (Wildman–Crippen LogP) is 5.64. The molecule has 0 fully saturated rings. The van der Waals surface area contributed by atoms with Crippen LogP contribution in [0.15, 0.2) is 24.3 Å². The van der Waals surface area contributed by atoms with Crippen LogP contribution in [0.1, 0.15) is 92.7 Å². The molecule has 0 N–H and O–H groups in total. The Hall–Kier alpha value is -0.770. The Kier molecular flexibility index (Phi) is 6.80. The van der Waals surface area contributed by atoms with E-state index in [1.807, 2.05) is 0 Å². The van der Waals surface area contributed by atoms with E-state index >= 15 is 0 Å². The molecule has 2 aromatic carbocycles. The van der Waals surface area contributed by atoms with Crippen LogP contribution in [-0.4, -0.2) is 20.9 Å². The van der Waals surface area contributed by atoms with Crippen molar-refractivity contribution in [1.29, 1.82) is 0 Å². The molecule has 0 atom stereocenters. The average Bonchev–Trinajstić information content (AvgIpc) is 2.49. The van der Waals surface area contributed by atoms with Crippen LogP contribution in [0.25, 0.3) is 0 Å². The molecular weight excluding hydrogens is 416 g/mol. The summed E-state index contributed by atoms with van der Waals surface area (Å²) in [5.41, 5.74) is 9.04. The minimum atomic E-state index is -0.393. The summed E-state index contributed by atoms with van der Waals surface area (Å²) >= 11 is -0.393. The molecule has 0 aliphatic heterocycles. The molecule has 0 aromatic heterocycles. The fraction of sp³-hybridized carbons (Fsp3) is 0.500. The molecule has 0 aliphatic rings. The van der Waals surface area contributed by atoms with E-state index < -0.39 is 20.9 Å². The van der Waals surface area contributed by atoms with Crippen molar-refractivity contribution in [3.63, 3.8) is 0 Å². The third kappa shape index (κ3) is 4.69. The fourth-order valence-electron chi connectivity index (χ4n) is 3.44. The van der Waals surface area contributed by atoms with Gasteiger partial charge in [0, 0.05) is 0 Å². The van der Waals surface area contributed by atoms with Crippen molar-refractivity contribution in [3.05, 3.63) is 57.6 Å². The van der Waals surface area contributed by atoms with Gasteiger partial charge < -0.3 is 0 Å². The Morgan fingerprint density at radius 2 is 1.04 bits per heavy atom. The summed E-state index contributed by atoms with van der Waals surface area (Å²) in [5, 5.41) is 0. The second-order valence-electron chi connectivity index (χ2n) is 8.32. The molecule has 0 unspecified atom stereocenters. The standard InChI is InChI=1S/C24H34Te/c1-14(2)20-12-21(15(3)4)24(22(13-20)16(5)6)25-23-18(8)10-17(7)11-19(23)9/h10-16H,1-9H3. The van der Waals surface area contributed by atoms with Crippen LogP contribution < -0.4 is 7.22 Å². The fourth-order valence-corrected chi connectivity index (χ4v) is 7.63. The molecule has 2 aromatic rings. The molecule has 0 amide bonds. The van der Waals surface area contributed by atoms with E-state index in [1.165, 1.54) is 22.3 Å². The molecule has 0 saturated heterocycles. The second-order valence-corrected chi connectivity index (χ2v) is 11.2. The Bertz CT molecular complexity index is 699. The van der Waals surface area contributed by atoms with Gasteiger partial charge in [-0.3, -0.25) is 0 Å². The van der Waals surface area contributed by atoms with Crippen LogP contribution in [-0.2, 0) is 0 Å². The molecule has 25 heavy (non-hydrogen) atoms. The van der Waals surface area contributed by atoms with Gasteiger partial charge in [-0.25, -0.2) is 0 Å².